The van der Waals surface area contributed by atoms with Gasteiger partial charge >= 0.3 is 0 Å². The van der Waals surface area contributed by atoms with Gasteiger partial charge in [0.1, 0.15) is 5.82 Å². The molecule has 2 N–H and O–H groups in total. The van der Waals surface area contributed by atoms with Crippen LogP contribution >= 0.6 is 24.0 Å². The summed E-state index contributed by atoms with van der Waals surface area (Å²) >= 11 is 0. The first-order valence-corrected chi connectivity index (χ1v) is 11.1. The van der Waals surface area contributed by atoms with Crippen LogP contribution < -0.4 is 25.0 Å². The maximum Gasteiger partial charge on any atom is 0.191 e. The summed E-state index contributed by atoms with van der Waals surface area (Å²) in [4.78, 5) is 11.3. The predicted octanol–water partition coefficient (Wildman–Crippen LogP) is 4.00. The number of nitrogens with one attached hydrogen (secondary N) is 2. The van der Waals surface area contributed by atoms with E-state index in [-0.39, 0.29) is 24.0 Å². The fourth-order valence-corrected chi connectivity index (χ4v) is 3.81. The third kappa shape index (κ3) is 7.72. The number of anilines is 1. The lowest BCUT2D eigenvalue weighted by Crippen LogP contribution is -2.37. The fraction of sp³-hybridized carbons (Fsp3) is 0.500. The van der Waals surface area contributed by atoms with Crippen molar-refractivity contribution in [3.63, 3.8) is 0 Å². The third-order valence-corrected chi connectivity index (χ3v) is 5.58. The average molecular weight is 553 g/mol. The van der Waals surface area contributed by atoms with Crippen molar-refractivity contribution in [3.8, 4) is 11.5 Å². The van der Waals surface area contributed by atoms with E-state index in [4.69, 9.17) is 9.47 Å². The summed E-state index contributed by atoms with van der Waals surface area (Å²) in [7, 11) is 5.10. The first kappa shape index (κ1) is 26.0. The molecule has 0 saturated carbocycles. The highest BCUT2D eigenvalue weighted by Gasteiger charge is 2.11. The Morgan fingerprint density at radius 3 is 2.41 bits per heavy atom. The van der Waals surface area contributed by atoms with E-state index in [1.165, 1.54) is 36.8 Å². The summed E-state index contributed by atoms with van der Waals surface area (Å²) in [5, 5.41) is 6.78. The molecule has 1 aliphatic heterocycles. The van der Waals surface area contributed by atoms with Crippen LogP contribution in [0, 0.1) is 0 Å². The van der Waals surface area contributed by atoms with Gasteiger partial charge in [0, 0.05) is 39.4 Å². The average Bonchev–Trinajstić information content (AvgIpc) is 3.11. The second kappa shape index (κ2) is 14.0. The quantitative estimate of drug-likeness (QED) is 0.293. The molecule has 2 aromatic rings. The van der Waals surface area contributed by atoms with Crippen LogP contribution in [0.4, 0.5) is 5.82 Å². The number of ether oxygens (including phenoxy) is 2. The highest BCUT2D eigenvalue weighted by molar-refractivity contribution is 14.0. The number of aromatic nitrogens is 1. The molecule has 0 aliphatic carbocycles. The van der Waals surface area contributed by atoms with E-state index in [9.17, 15) is 0 Å². The Morgan fingerprint density at radius 2 is 1.72 bits per heavy atom. The predicted molar refractivity (Wildman–Crippen MR) is 142 cm³/mol. The molecule has 1 fully saturated rings. The second-order valence-electron chi connectivity index (χ2n) is 7.72. The maximum atomic E-state index is 5.38. The third-order valence-electron chi connectivity index (χ3n) is 5.58. The van der Waals surface area contributed by atoms with Crippen LogP contribution in [0.15, 0.2) is 41.5 Å². The molecule has 0 unspecified atom stereocenters. The van der Waals surface area contributed by atoms with Crippen molar-refractivity contribution < 1.29 is 9.47 Å². The molecular weight excluding hydrogens is 517 g/mol. The molecule has 0 radical (unpaired) electrons. The summed E-state index contributed by atoms with van der Waals surface area (Å²) in [6.07, 6.45) is 7.91. The van der Waals surface area contributed by atoms with Crippen LogP contribution in [0.1, 0.15) is 36.8 Å². The molecule has 0 amide bonds. The summed E-state index contributed by atoms with van der Waals surface area (Å²) in [5.74, 6) is 3.36. The van der Waals surface area contributed by atoms with Crippen LogP contribution in [0.3, 0.4) is 0 Å². The maximum absolute atomic E-state index is 5.38. The van der Waals surface area contributed by atoms with Crippen molar-refractivity contribution in [2.24, 2.45) is 4.99 Å². The molecular formula is C24H36IN5O2. The van der Waals surface area contributed by atoms with E-state index in [2.05, 4.69) is 43.7 Å². The largest absolute Gasteiger partial charge is 0.493 e. The van der Waals surface area contributed by atoms with E-state index in [0.717, 1.165) is 49.3 Å². The Hall–Kier alpha value is -2.23. The van der Waals surface area contributed by atoms with E-state index in [1.807, 2.05) is 18.3 Å². The number of rotatable bonds is 8. The Bertz CT molecular complexity index is 854. The minimum Gasteiger partial charge on any atom is -0.493 e. The summed E-state index contributed by atoms with van der Waals surface area (Å²) in [6.45, 7) is 3.68. The van der Waals surface area contributed by atoms with Crippen LogP contribution in [0.25, 0.3) is 0 Å². The number of benzene rings is 1. The Morgan fingerprint density at radius 1 is 0.969 bits per heavy atom. The second-order valence-corrected chi connectivity index (χ2v) is 7.72. The van der Waals surface area contributed by atoms with E-state index in [1.54, 1.807) is 21.3 Å². The van der Waals surface area contributed by atoms with Gasteiger partial charge in [-0.05, 0) is 54.7 Å². The highest BCUT2D eigenvalue weighted by atomic mass is 127. The van der Waals surface area contributed by atoms with Crippen LogP contribution in [-0.4, -0.2) is 51.8 Å². The molecule has 0 atom stereocenters. The van der Waals surface area contributed by atoms with Gasteiger partial charge in [0.2, 0.25) is 0 Å². The molecule has 2 heterocycles. The van der Waals surface area contributed by atoms with E-state index in [0.29, 0.717) is 6.54 Å². The number of hydrogen-bond acceptors (Lipinski definition) is 5. The molecule has 7 nitrogen and oxygen atoms in total. The Balaban J connectivity index is 0.00000363. The SMILES string of the molecule is CN=C(NCCc1ccc(OC)c(OC)c1)NCc1ccnc(N2CCCCCC2)c1.I. The van der Waals surface area contributed by atoms with Gasteiger partial charge in [-0.3, -0.25) is 4.99 Å². The first-order valence-electron chi connectivity index (χ1n) is 11.1. The number of pyridine rings is 1. The van der Waals surface area contributed by atoms with Gasteiger partial charge < -0.3 is 25.0 Å². The molecule has 1 aliphatic rings. The number of halogens is 1. The summed E-state index contributed by atoms with van der Waals surface area (Å²) in [6, 6.07) is 10.3. The summed E-state index contributed by atoms with van der Waals surface area (Å²) in [5.41, 5.74) is 2.38. The molecule has 3 rings (SSSR count). The number of guanidine groups is 1. The molecule has 32 heavy (non-hydrogen) atoms. The zero-order chi connectivity index (χ0) is 21.9. The molecule has 0 bridgehead atoms. The minimum absolute atomic E-state index is 0. The number of aliphatic imine (C=N–C) groups is 1. The lowest BCUT2D eigenvalue weighted by Gasteiger charge is -2.22. The molecule has 1 saturated heterocycles. The fourth-order valence-electron chi connectivity index (χ4n) is 3.81. The first-order chi connectivity index (χ1) is 15.2. The van der Waals surface area contributed by atoms with Gasteiger partial charge in [0.15, 0.2) is 17.5 Å². The van der Waals surface area contributed by atoms with Gasteiger partial charge in [-0.2, -0.15) is 0 Å². The molecule has 8 heteroatoms. The standard InChI is InChI=1S/C24H35N5O2.HI/c1-25-24(27-13-10-19-8-9-21(30-2)22(16-19)31-3)28-18-20-11-12-26-23(17-20)29-14-6-4-5-7-15-29;/h8-9,11-12,16-17H,4-7,10,13-15,18H2,1-3H3,(H2,25,27,28);1H. The summed E-state index contributed by atoms with van der Waals surface area (Å²) < 4.78 is 10.7. The monoisotopic (exact) mass is 553 g/mol. The van der Waals surface area contributed by atoms with Crippen molar-refractivity contribution in [1.29, 1.82) is 0 Å². The molecule has 0 spiro atoms. The Labute approximate surface area is 209 Å². The lowest BCUT2D eigenvalue weighted by atomic mass is 10.1. The molecule has 1 aromatic heterocycles. The van der Waals surface area contributed by atoms with Gasteiger partial charge in [0.25, 0.3) is 0 Å². The molecule has 1 aromatic carbocycles. The zero-order valence-corrected chi connectivity index (χ0v) is 21.7. The Kier molecular flexibility index (Phi) is 11.4. The number of nitrogens with zero attached hydrogens (tertiary/aromatic N) is 3. The van der Waals surface area contributed by atoms with Crippen LogP contribution in [0.2, 0.25) is 0 Å². The van der Waals surface area contributed by atoms with Gasteiger partial charge in [-0.15, -0.1) is 24.0 Å². The van der Waals surface area contributed by atoms with Gasteiger partial charge in [-0.25, -0.2) is 4.98 Å². The minimum atomic E-state index is 0. The van der Waals surface area contributed by atoms with Crippen LogP contribution in [0.5, 0.6) is 11.5 Å². The van der Waals surface area contributed by atoms with E-state index < -0.39 is 0 Å². The van der Waals surface area contributed by atoms with Gasteiger partial charge in [0.05, 0.1) is 14.2 Å². The van der Waals surface area contributed by atoms with Crippen molar-refractivity contribution in [2.75, 3.05) is 45.8 Å². The normalized spacial score (nSPS) is 14.2. The van der Waals surface area contributed by atoms with Crippen LogP contribution in [-0.2, 0) is 13.0 Å². The van der Waals surface area contributed by atoms with Crippen molar-refractivity contribution in [1.82, 2.24) is 15.6 Å². The number of hydrogen-bond donors (Lipinski definition) is 2. The van der Waals surface area contributed by atoms with Crippen molar-refractivity contribution >= 4 is 35.8 Å². The lowest BCUT2D eigenvalue weighted by molar-refractivity contribution is 0.354. The van der Waals surface area contributed by atoms with Crippen molar-refractivity contribution in [3.05, 3.63) is 47.7 Å². The molecule has 176 valence electrons. The highest BCUT2D eigenvalue weighted by Crippen LogP contribution is 2.27. The smallest absolute Gasteiger partial charge is 0.191 e. The van der Waals surface area contributed by atoms with Crippen molar-refractivity contribution in [2.45, 2.75) is 38.6 Å². The number of methoxy groups -OCH3 is 2. The van der Waals surface area contributed by atoms with E-state index >= 15 is 0 Å². The zero-order valence-electron chi connectivity index (χ0n) is 19.4. The van der Waals surface area contributed by atoms with Gasteiger partial charge in [-0.1, -0.05) is 18.9 Å². The topological polar surface area (TPSA) is 71.0 Å².